The molecule has 1 aliphatic heterocycles. The van der Waals surface area contributed by atoms with Crippen LogP contribution in [0.25, 0.3) is 0 Å². The van der Waals surface area contributed by atoms with Gasteiger partial charge in [-0.05, 0) is 38.5 Å². The summed E-state index contributed by atoms with van der Waals surface area (Å²) in [6.07, 6.45) is 1.36. The molecule has 1 atom stereocenters. The van der Waals surface area contributed by atoms with E-state index in [1.54, 1.807) is 13.1 Å². The van der Waals surface area contributed by atoms with Crippen molar-refractivity contribution in [1.29, 1.82) is 0 Å². The zero-order chi connectivity index (χ0) is 13.1. The standard InChI is InChI=1S/C14H23N3O/c1-11(2)16-6-8-17(9-7-16)14-10-13(12(3)18)4-5-15-14/h4-5,10-12,18H,6-9H2,1-3H3/t12-/m1/s1. The molecule has 0 aliphatic carbocycles. The fourth-order valence-electron chi connectivity index (χ4n) is 2.33. The van der Waals surface area contributed by atoms with Crippen LogP contribution in [-0.2, 0) is 0 Å². The van der Waals surface area contributed by atoms with E-state index in [1.165, 1.54) is 0 Å². The summed E-state index contributed by atoms with van der Waals surface area (Å²) >= 11 is 0. The molecule has 1 saturated heterocycles. The van der Waals surface area contributed by atoms with Crippen LogP contribution in [0.4, 0.5) is 5.82 Å². The van der Waals surface area contributed by atoms with E-state index < -0.39 is 6.10 Å². The topological polar surface area (TPSA) is 39.6 Å². The predicted octanol–water partition coefficient (Wildman–Crippen LogP) is 1.67. The average molecular weight is 249 g/mol. The molecule has 1 aromatic heterocycles. The quantitative estimate of drug-likeness (QED) is 0.884. The first-order valence-corrected chi connectivity index (χ1v) is 6.71. The molecule has 4 heteroatoms. The molecule has 0 saturated carbocycles. The van der Waals surface area contributed by atoms with Crippen molar-refractivity contribution in [3.05, 3.63) is 23.9 Å². The minimum absolute atomic E-state index is 0.427. The molecule has 4 nitrogen and oxygen atoms in total. The summed E-state index contributed by atoms with van der Waals surface area (Å²) in [5.41, 5.74) is 0.936. The lowest BCUT2D eigenvalue weighted by Crippen LogP contribution is -2.49. The van der Waals surface area contributed by atoms with Crippen LogP contribution in [0.2, 0.25) is 0 Å². The molecular formula is C14H23N3O. The normalized spacial score (nSPS) is 19.3. The second kappa shape index (κ2) is 5.67. The van der Waals surface area contributed by atoms with Gasteiger partial charge in [-0.3, -0.25) is 4.90 Å². The Labute approximate surface area is 109 Å². The fraction of sp³-hybridized carbons (Fsp3) is 0.643. The number of hydrogen-bond acceptors (Lipinski definition) is 4. The fourth-order valence-corrected chi connectivity index (χ4v) is 2.33. The molecule has 0 radical (unpaired) electrons. The summed E-state index contributed by atoms with van der Waals surface area (Å²) in [5, 5.41) is 9.61. The lowest BCUT2D eigenvalue weighted by atomic mass is 10.1. The van der Waals surface area contributed by atoms with Crippen LogP contribution < -0.4 is 4.90 Å². The first kappa shape index (κ1) is 13.3. The highest BCUT2D eigenvalue weighted by Gasteiger charge is 2.19. The summed E-state index contributed by atoms with van der Waals surface area (Å²) in [6.45, 7) is 10.4. The molecular weight excluding hydrogens is 226 g/mol. The molecule has 18 heavy (non-hydrogen) atoms. The minimum Gasteiger partial charge on any atom is -0.389 e. The van der Waals surface area contributed by atoms with Gasteiger partial charge in [-0.25, -0.2) is 4.98 Å². The molecule has 2 heterocycles. The van der Waals surface area contributed by atoms with Gasteiger partial charge >= 0.3 is 0 Å². The molecule has 100 valence electrons. The summed E-state index contributed by atoms with van der Waals surface area (Å²) in [5.74, 6) is 0.983. The van der Waals surface area contributed by atoms with Crippen molar-refractivity contribution in [2.45, 2.75) is 32.9 Å². The largest absolute Gasteiger partial charge is 0.389 e. The molecule has 0 aromatic carbocycles. The van der Waals surface area contributed by atoms with Gasteiger partial charge in [-0.15, -0.1) is 0 Å². The summed E-state index contributed by atoms with van der Waals surface area (Å²) in [7, 11) is 0. The molecule has 0 unspecified atom stereocenters. The second-order valence-electron chi connectivity index (χ2n) is 5.24. The number of anilines is 1. The van der Waals surface area contributed by atoms with E-state index in [9.17, 15) is 5.11 Å². The maximum atomic E-state index is 9.61. The van der Waals surface area contributed by atoms with Gasteiger partial charge < -0.3 is 10.0 Å². The first-order valence-electron chi connectivity index (χ1n) is 6.71. The number of pyridine rings is 1. The van der Waals surface area contributed by atoms with Crippen molar-refractivity contribution in [2.24, 2.45) is 0 Å². The van der Waals surface area contributed by atoms with E-state index in [0.717, 1.165) is 37.6 Å². The zero-order valence-corrected chi connectivity index (χ0v) is 11.5. The Kier molecular flexibility index (Phi) is 4.19. The predicted molar refractivity (Wildman–Crippen MR) is 73.8 cm³/mol. The summed E-state index contributed by atoms with van der Waals surface area (Å²) in [6, 6.07) is 4.48. The number of aromatic nitrogens is 1. The van der Waals surface area contributed by atoms with E-state index >= 15 is 0 Å². The van der Waals surface area contributed by atoms with E-state index in [4.69, 9.17) is 0 Å². The third-order valence-electron chi connectivity index (χ3n) is 3.62. The minimum atomic E-state index is -0.427. The van der Waals surface area contributed by atoms with E-state index in [0.29, 0.717) is 6.04 Å². The molecule has 1 aliphatic rings. The van der Waals surface area contributed by atoms with Crippen molar-refractivity contribution < 1.29 is 5.11 Å². The van der Waals surface area contributed by atoms with Gasteiger partial charge in [0.1, 0.15) is 5.82 Å². The Morgan fingerprint density at radius 2 is 1.83 bits per heavy atom. The van der Waals surface area contributed by atoms with E-state index in [1.807, 2.05) is 12.1 Å². The third kappa shape index (κ3) is 3.00. The van der Waals surface area contributed by atoms with Crippen LogP contribution in [0.5, 0.6) is 0 Å². The van der Waals surface area contributed by atoms with Crippen LogP contribution in [0.15, 0.2) is 18.3 Å². The summed E-state index contributed by atoms with van der Waals surface area (Å²) in [4.78, 5) is 9.19. The lowest BCUT2D eigenvalue weighted by molar-refractivity contribution is 0.199. The zero-order valence-electron chi connectivity index (χ0n) is 11.5. The molecule has 1 aromatic rings. The number of aliphatic hydroxyl groups excluding tert-OH is 1. The van der Waals surface area contributed by atoms with Crippen molar-refractivity contribution >= 4 is 5.82 Å². The maximum Gasteiger partial charge on any atom is 0.128 e. The molecule has 1 fully saturated rings. The van der Waals surface area contributed by atoms with Crippen molar-refractivity contribution in [2.75, 3.05) is 31.1 Å². The first-order chi connectivity index (χ1) is 8.58. The Morgan fingerprint density at radius 3 is 2.39 bits per heavy atom. The highest BCUT2D eigenvalue weighted by atomic mass is 16.3. The van der Waals surface area contributed by atoms with E-state index in [-0.39, 0.29) is 0 Å². The van der Waals surface area contributed by atoms with Gasteiger partial charge in [0, 0.05) is 38.4 Å². The van der Waals surface area contributed by atoms with Gasteiger partial charge in [-0.2, -0.15) is 0 Å². The monoisotopic (exact) mass is 249 g/mol. The van der Waals surface area contributed by atoms with Crippen molar-refractivity contribution in [1.82, 2.24) is 9.88 Å². The van der Waals surface area contributed by atoms with Gasteiger partial charge in [0.2, 0.25) is 0 Å². The highest BCUT2D eigenvalue weighted by Crippen LogP contribution is 2.19. The number of rotatable bonds is 3. The van der Waals surface area contributed by atoms with Crippen molar-refractivity contribution in [3.8, 4) is 0 Å². The molecule has 0 amide bonds. The molecule has 0 spiro atoms. The number of nitrogens with zero attached hydrogens (tertiary/aromatic N) is 3. The highest BCUT2D eigenvalue weighted by molar-refractivity contribution is 5.42. The summed E-state index contributed by atoms with van der Waals surface area (Å²) < 4.78 is 0. The van der Waals surface area contributed by atoms with Crippen LogP contribution in [0.1, 0.15) is 32.4 Å². The lowest BCUT2D eigenvalue weighted by Gasteiger charge is -2.37. The van der Waals surface area contributed by atoms with E-state index in [2.05, 4.69) is 28.6 Å². The third-order valence-corrected chi connectivity index (χ3v) is 3.62. The van der Waals surface area contributed by atoms with Crippen LogP contribution >= 0.6 is 0 Å². The van der Waals surface area contributed by atoms with Crippen LogP contribution in [0, 0.1) is 0 Å². The SMILES string of the molecule is CC(C)N1CCN(c2cc([C@@H](C)O)ccn2)CC1. The molecule has 0 bridgehead atoms. The Balaban J connectivity index is 2.03. The average Bonchev–Trinajstić information content (AvgIpc) is 2.39. The van der Waals surface area contributed by atoms with Crippen LogP contribution in [-0.4, -0.2) is 47.2 Å². The Morgan fingerprint density at radius 1 is 1.17 bits per heavy atom. The molecule has 2 rings (SSSR count). The smallest absolute Gasteiger partial charge is 0.128 e. The molecule has 1 N–H and O–H groups in total. The Hall–Kier alpha value is -1.13. The van der Waals surface area contributed by atoms with Crippen LogP contribution in [0.3, 0.4) is 0 Å². The van der Waals surface area contributed by atoms with Gasteiger partial charge in [0.25, 0.3) is 0 Å². The van der Waals surface area contributed by atoms with Crippen molar-refractivity contribution in [3.63, 3.8) is 0 Å². The maximum absolute atomic E-state index is 9.61. The van der Waals surface area contributed by atoms with Gasteiger partial charge in [0.15, 0.2) is 0 Å². The number of aliphatic hydroxyl groups is 1. The Bertz CT molecular complexity index is 384. The van der Waals surface area contributed by atoms with Gasteiger partial charge in [-0.1, -0.05) is 0 Å². The second-order valence-corrected chi connectivity index (χ2v) is 5.24. The number of piperazine rings is 1. The van der Waals surface area contributed by atoms with Gasteiger partial charge in [0.05, 0.1) is 6.10 Å². The number of hydrogen-bond donors (Lipinski definition) is 1.